The first-order chi connectivity index (χ1) is 14.7. The monoisotopic (exact) mass is 399 g/mol. The highest BCUT2D eigenvalue weighted by atomic mass is 16.6. The molecule has 150 valence electrons. The molecule has 1 aromatic carbocycles. The van der Waals surface area contributed by atoms with Crippen LogP contribution in [0.3, 0.4) is 0 Å². The number of carbonyl (C=O) groups is 2. The van der Waals surface area contributed by atoms with E-state index in [0.29, 0.717) is 11.3 Å². The number of hydrogen-bond donors (Lipinski definition) is 1. The van der Waals surface area contributed by atoms with Crippen LogP contribution >= 0.6 is 0 Å². The second kappa shape index (κ2) is 7.37. The van der Waals surface area contributed by atoms with Gasteiger partial charge < -0.3 is 10.1 Å². The van der Waals surface area contributed by atoms with E-state index in [1.165, 1.54) is 6.20 Å². The van der Waals surface area contributed by atoms with Gasteiger partial charge in [-0.1, -0.05) is 36.8 Å². The van der Waals surface area contributed by atoms with Gasteiger partial charge in [0.1, 0.15) is 5.60 Å². The number of nitrogens with one attached hydrogen (secondary N) is 1. The lowest BCUT2D eigenvalue weighted by molar-refractivity contribution is -0.0281. The van der Waals surface area contributed by atoms with E-state index in [9.17, 15) is 9.59 Å². The van der Waals surface area contributed by atoms with Crippen molar-refractivity contribution in [3.8, 4) is 11.3 Å². The lowest BCUT2D eigenvalue weighted by atomic mass is 9.79. The molecule has 0 atom stereocenters. The molecule has 1 N–H and O–H groups in total. The average molecular weight is 399 g/mol. The SMILES string of the molecule is O=C(Nc1ccc(-c2ccccc2)nc1)c1cncc2c1C(=O)OC21CCCCC1. The fourth-order valence-electron chi connectivity index (χ4n) is 4.42. The molecule has 0 bridgehead atoms. The van der Waals surface area contributed by atoms with Crippen molar-refractivity contribution in [3.05, 3.63) is 77.7 Å². The van der Waals surface area contributed by atoms with E-state index < -0.39 is 17.5 Å². The van der Waals surface area contributed by atoms with Crippen molar-refractivity contribution < 1.29 is 14.3 Å². The first-order valence-corrected chi connectivity index (χ1v) is 10.2. The third-order valence-corrected chi connectivity index (χ3v) is 5.93. The Balaban J connectivity index is 1.41. The van der Waals surface area contributed by atoms with Gasteiger partial charge >= 0.3 is 5.97 Å². The van der Waals surface area contributed by atoms with Gasteiger partial charge in [-0.05, 0) is 37.8 Å². The van der Waals surface area contributed by atoms with Crippen LogP contribution in [0.25, 0.3) is 11.3 Å². The van der Waals surface area contributed by atoms with Crippen LogP contribution in [0.4, 0.5) is 5.69 Å². The van der Waals surface area contributed by atoms with Gasteiger partial charge in [0.2, 0.25) is 0 Å². The quantitative estimate of drug-likeness (QED) is 0.644. The molecule has 2 aliphatic rings. The summed E-state index contributed by atoms with van der Waals surface area (Å²) < 4.78 is 5.79. The molecule has 6 nitrogen and oxygen atoms in total. The molecule has 1 fully saturated rings. The van der Waals surface area contributed by atoms with Crippen molar-refractivity contribution in [2.45, 2.75) is 37.7 Å². The van der Waals surface area contributed by atoms with Crippen LogP contribution in [0.5, 0.6) is 0 Å². The first-order valence-electron chi connectivity index (χ1n) is 10.2. The molecule has 6 heteroatoms. The zero-order valence-corrected chi connectivity index (χ0v) is 16.4. The molecular formula is C24H21N3O3. The summed E-state index contributed by atoms with van der Waals surface area (Å²) in [6.07, 6.45) is 9.42. The molecule has 0 saturated heterocycles. The van der Waals surface area contributed by atoms with Crippen LogP contribution in [0.1, 0.15) is 58.4 Å². The average Bonchev–Trinajstić information content (AvgIpc) is 3.06. The molecule has 2 aromatic heterocycles. The number of amides is 1. The molecule has 1 aliphatic carbocycles. The number of carbonyl (C=O) groups excluding carboxylic acids is 2. The standard InChI is InChI=1S/C24H21N3O3/c28-22(27-17-9-10-20(26-13-17)16-7-3-1-4-8-16)18-14-25-15-19-21(18)23(29)30-24(19)11-5-2-6-12-24/h1,3-4,7-10,13-15H,2,5-6,11-12H2,(H,27,28). The summed E-state index contributed by atoms with van der Waals surface area (Å²) in [7, 11) is 0. The molecule has 1 amide bonds. The van der Waals surface area contributed by atoms with Crippen LogP contribution in [0.15, 0.2) is 61.1 Å². The topological polar surface area (TPSA) is 81.2 Å². The zero-order chi connectivity index (χ0) is 20.6. The number of ether oxygens (including phenoxy) is 1. The van der Waals surface area contributed by atoms with Crippen molar-refractivity contribution in [2.75, 3.05) is 5.32 Å². The van der Waals surface area contributed by atoms with Crippen LogP contribution in [0, 0.1) is 0 Å². The largest absolute Gasteiger partial charge is 0.450 e. The van der Waals surface area contributed by atoms with Crippen LogP contribution in [-0.4, -0.2) is 21.8 Å². The summed E-state index contributed by atoms with van der Waals surface area (Å²) in [4.78, 5) is 34.3. The zero-order valence-electron chi connectivity index (χ0n) is 16.4. The van der Waals surface area contributed by atoms with Crippen molar-refractivity contribution in [3.63, 3.8) is 0 Å². The number of fused-ring (bicyclic) bond motifs is 2. The molecule has 1 saturated carbocycles. The Morgan fingerprint density at radius 2 is 1.77 bits per heavy atom. The van der Waals surface area contributed by atoms with Crippen molar-refractivity contribution in [2.24, 2.45) is 0 Å². The lowest BCUT2D eigenvalue weighted by Gasteiger charge is -2.32. The van der Waals surface area contributed by atoms with E-state index in [-0.39, 0.29) is 5.56 Å². The highest BCUT2D eigenvalue weighted by Gasteiger charge is 2.48. The number of anilines is 1. The summed E-state index contributed by atoms with van der Waals surface area (Å²) in [5.74, 6) is -0.824. The lowest BCUT2D eigenvalue weighted by Crippen LogP contribution is -2.29. The van der Waals surface area contributed by atoms with E-state index in [4.69, 9.17) is 4.74 Å². The van der Waals surface area contributed by atoms with Gasteiger partial charge in [-0.25, -0.2) is 4.79 Å². The van der Waals surface area contributed by atoms with E-state index in [2.05, 4.69) is 15.3 Å². The fraction of sp³-hybridized carbons (Fsp3) is 0.250. The summed E-state index contributed by atoms with van der Waals surface area (Å²) in [6.45, 7) is 0. The minimum atomic E-state index is -0.618. The second-order valence-electron chi connectivity index (χ2n) is 7.81. The Hall–Kier alpha value is -3.54. The summed E-state index contributed by atoms with van der Waals surface area (Å²) in [5, 5.41) is 2.83. The minimum absolute atomic E-state index is 0.243. The van der Waals surface area contributed by atoms with Gasteiger partial charge in [-0.3, -0.25) is 14.8 Å². The van der Waals surface area contributed by atoms with Gasteiger partial charge in [0, 0.05) is 23.5 Å². The van der Waals surface area contributed by atoms with Crippen LogP contribution < -0.4 is 5.32 Å². The van der Waals surface area contributed by atoms with E-state index in [0.717, 1.165) is 48.9 Å². The molecule has 5 rings (SSSR count). The molecule has 30 heavy (non-hydrogen) atoms. The Bertz CT molecular complexity index is 1100. The predicted octanol–water partition coefficient (Wildman–Crippen LogP) is 4.73. The highest BCUT2D eigenvalue weighted by molar-refractivity contribution is 6.12. The normalized spacial score (nSPS) is 16.7. The number of rotatable bonds is 3. The maximum atomic E-state index is 13.0. The first kappa shape index (κ1) is 18.5. The van der Waals surface area contributed by atoms with Crippen molar-refractivity contribution >= 4 is 17.6 Å². The molecule has 1 spiro atoms. The van der Waals surface area contributed by atoms with Crippen LogP contribution in [-0.2, 0) is 10.3 Å². The summed E-state index contributed by atoms with van der Waals surface area (Å²) in [6, 6.07) is 13.5. The molecular weight excluding hydrogens is 378 g/mol. The minimum Gasteiger partial charge on any atom is -0.450 e. The van der Waals surface area contributed by atoms with Crippen molar-refractivity contribution in [1.82, 2.24) is 9.97 Å². The Labute approximate surface area is 174 Å². The van der Waals surface area contributed by atoms with E-state index in [1.807, 2.05) is 36.4 Å². The van der Waals surface area contributed by atoms with Gasteiger partial charge in [-0.2, -0.15) is 0 Å². The maximum absolute atomic E-state index is 13.0. The molecule has 1 aliphatic heterocycles. The Morgan fingerprint density at radius 1 is 0.967 bits per heavy atom. The molecule has 0 radical (unpaired) electrons. The van der Waals surface area contributed by atoms with E-state index in [1.54, 1.807) is 18.5 Å². The van der Waals surface area contributed by atoms with Gasteiger partial charge in [0.15, 0.2) is 0 Å². The number of nitrogens with zero attached hydrogens (tertiary/aromatic N) is 2. The third-order valence-electron chi connectivity index (χ3n) is 5.93. The van der Waals surface area contributed by atoms with Crippen molar-refractivity contribution in [1.29, 1.82) is 0 Å². The number of hydrogen-bond acceptors (Lipinski definition) is 5. The van der Waals surface area contributed by atoms with Gasteiger partial charge in [0.25, 0.3) is 5.91 Å². The number of esters is 1. The van der Waals surface area contributed by atoms with Crippen LogP contribution in [0.2, 0.25) is 0 Å². The Kier molecular flexibility index (Phi) is 4.54. The number of pyridine rings is 2. The van der Waals surface area contributed by atoms with E-state index >= 15 is 0 Å². The highest BCUT2D eigenvalue weighted by Crippen LogP contribution is 2.47. The van der Waals surface area contributed by atoms with Gasteiger partial charge in [0.05, 0.1) is 28.7 Å². The summed E-state index contributed by atoms with van der Waals surface area (Å²) >= 11 is 0. The predicted molar refractivity (Wildman–Crippen MR) is 112 cm³/mol. The number of aromatic nitrogens is 2. The van der Waals surface area contributed by atoms with Gasteiger partial charge in [-0.15, -0.1) is 0 Å². The second-order valence-corrected chi connectivity index (χ2v) is 7.81. The molecule has 3 heterocycles. The summed E-state index contributed by atoms with van der Waals surface area (Å²) in [5.41, 5.74) is 3.09. The molecule has 0 unspecified atom stereocenters. The smallest absolute Gasteiger partial charge is 0.340 e. The molecule has 3 aromatic rings. The Morgan fingerprint density at radius 3 is 2.50 bits per heavy atom. The fourth-order valence-corrected chi connectivity index (χ4v) is 4.42. The maximum Gasteiger partial charge on any atom is 0.340 e. The third kappa shape index (κ3) is 3.14. The number of benzene rings is 1.